The first kappa shape index (κ1) is 27.7. The summed E-state index contributed by atoms with van der Waals surface area (Å²) < 4.78 is 32.6. The molecule has 1 fully saturated rings. The molecule has 2 atom stereocenters. The number of nitrogens with zero attached hydrogens (tertiary/aromatic N) is 1. The predicted octanol–water partition coefficient (Wildman–Crippen LogP) is 4.46. The maximum atomic E-state index is 13.6. The van der Waals surface area contributed by atoms with Gasteiger partial charge >= 0.3 is 6.09 Å². The molecule has 0 aliphatic carbocycles. The molecule has 0 unspecified atom stereocenters. The number of hydrogen-bond acceptors (Lipinski definition) is 5. The third-order valence-corrected chi connectivity index (χ3v) is 7.03. The highest BCUT2D eigenvalue weighted by atomic mass is 19.1. The zero-order valence-electron chi connectivity index (χ0n) is 21.7. The molecule has 1 amide bonds. The molecular weight excluding hydrogens is 488 g/mol. The van der Waals surface area contributed by atoms with E-state index in [1.165, 1.54) is 17.7 Å². The van der Waals surface area contributed by atoms with Gasteiger partial charge in [-0.1, -0.05) is 68.4 Å². The number of carbonyl (C=O) groups excluding carboxylic acids is 1. The summed E-state index contributed by atoms with van der Waals surface area (Å²) in [4.78, 5) is 14.4. The van der Waals surface area contributed by atoms with Gasteiger partial charge in [-0.3, -0.25) is 0 Å². The Morgan fingerprint density at radius 1 is 1.03 bits per heavy atom. The summed E-state index contributed by atoms with van der Waals surface area (Å²) in [5.41, 5.74) is 9.05. The lowest BCUT2D eigenvalue weighted by Crippen LogP contribution is -2.69. The van der Waals surface area contributed by atoms with E-state index in [1.54, 1.807) is 4.90 Å². The minimum atomic E-state index is -0.981. The largest absolute Gasteiger partial charge is 0.445 e. The lowest BCUT2D eigenvalue weighted by molar-refractivity contribution is 0.0114. The summed E-state index contributed by atoms with van der Waals surface area (Å²) in [7, 11) is 0. The topological polar surface area (TPSA) is 87.8 Å². The lowest BCUT2D eigenvalue weighted by Gasteiger charge is -2.51. The number of rotatable bonds is 10. The van der Waals surface area contributed by atoms with Crippen molar-refractivity contribution in [1.82, 2.24) is 10.2 Å². The van der Waals surface area contributed by atoms with Gasteiger partial charge in [0.05, 0.1) is 11.6 Å². The number of aliphatic hydroxyl groups is 1. The van der Waals surface area contributed by atoms with Crippen LogP contribution in [0.5, 0.6) is 0 Å². The van der Waals surface area contributed by atoms with Crippen LogP contribution in [-0.4, -0.2) is 47.9 Å². The number of likely N-dealkylation sites (tertiary alicyclic amines) is 1. The van der Waals surface area contributed by atoms with E-state index in [0.29, 0.717) is 24.6 Å². The van der Waals surface area contributed by atoms with Gasteiger partial charge in [0, 0.05) is 31.7 Å². The molecule has 38 heavy (non-hydrogen) atoms. The molecule has 0 aromatic heterocycles. The molecule has 1 saturated heterocycles. The zero-order valence-corrected chi connectivity index (χ0v) is 21.7. The van der Waals surface area contributed by atoms with Crippen molar-refractivity contribution < 1.29 is 23.4 Å². The number of carbonyl (C=O) groups is 1. The molecule has 0 radical (unpaired) electrons. The summed E-state index contributed by atoms with van der Waals surface area (Å²) in [5.74, 6) is -1.04. The minimum absolute atomic E-state index is 0.116. The second-order valence-electron chi connectivity index (χ2n) is 10.4. The first-order valence-corrected chi connectivity index (χ1v) is 12.8. The van der Waals surface area contributed by atoms with Crippen molar-refractivity contribution in [3.8, 4) is 0 Å². The molecule has 1 heterocycles. The molecule has 1 aliphatic heterocycles. The highest BCUT2D eigenvalue weighted by Crippen LogP contribution is 2.34. The van der Waals surface area contributed by atoms with Gasteiger partial charge < -0.3 is 25.8 Å². The Labute approximate surface area is 222 Å². The number of aliphatic hydroxyl groups excluding tert-OH is 1. The van der Waals surface area contributed by atoms with Crippen LogP contribution in [0.15, 0.2) is 72.8 Å². The molecule has 6 nitrogen and oxygen atoms in total. The number of hydrogen-bond donors (Lipinski definition) is 3. The van der Waals surface area contributed by atoms with Crippen molar-refractivity contribution in [3.05, 3.63) is 107 Å². The second kappa shape index (κ2) is 12.0. The molecule has 0 bridgehead atoms. The van der Waals surface area contributed by atoms with Gasteiger partial charge in [0.25, 0.3) is 0 Å². The van der Waals surface area contributed by atoms with E-state index in [0.717, 1.165) is 17.2 Å². The van der Waals surface area contributed by atoms with Gasteiger partial charge in [-0.15, -0.1) is 0 Å². The number of ether oxygens (including phenoxy) is 1. The van der Waals surface area contributed by atoms with Crippen LogP contribution in [0.25, 0.3) is 0 Å². The van der Waals surface area contributed by atoms with Crippen LogP contribution in [-0.2, 0) is 23.3 Å². The first-order valence-electron chi connectivity index (χ1n) is 12.8. The zero-order chi connectivity index (χ0) is 27.3. The molecule has 1 aliphatic rings. The fraction of sp³-hybridized carbons (Fsp3) is 0.367. The standard InChI is InChI=1S/C30H35F2N3O3/c1-20(2)23-9-6-10-24(14-23)30(18-35(19-30)29(37)38-17-21-7-4-3-5-8-21)34-16-28(36)27(33)13-22-11-25(31)15-26(32)12-22/h3-12,14-15,20,27-28,34,36H,13,16-19,33H2,1-2H3/t27-,28+/m0/s1. The fourth-order valence-electron chi connectivity index (χ4n) is 4.73. The fourth-order valence-corrected chi connectivity index (χ4v) is 4.73. The van der Waals surface area contributed by atoms with E-state index in [9.17, 15) is 18.7 Å². The van der Waals surface area contributed by atoms with Gasteiger partial charge in [-0.2, -0.15) is 0 Å². The minimum Gasteiger partial charge on any atom is -0.445 e. The van der Waals surface area contributed by atoms with Crippen LogP contribution in [0.3, 0.4) is 0 Å². The summed E-state index contributed by atoms with van der Waals surface area (Å²) in [6.45, 7) is 5.28. The summed E-state index contributed by atoms with van der Waals surface area (Å²) in [6.07, 6.45) is -1.27. The Hall–Kier alpha value is -3.33. The molecule has 202 valence electrons. The van der Waals surface area contributed by atoms with Crippen LogP contribution in [0.2, 0.25) is 0 Å². The Morgan fingerprint density at radius 3 is 2.37 bits per heavy atom. The number of halogens is 2. The smallest absolute Gasteiger partial charge is 0.410 e. The monoisotopic (exact) mass is 523 g/mol. The molecule has 0 saturated carbocycles. The first-order chi connectivity index (χ1) is 18.1. The van der Waals surface area contributed by atoms with Gasteiger partial charge in [0.2, 0.25) is 0 Å². The third kappa shape index (κ3) is 6.75. The Balaban J connectivity index is 1.43. The molecule has 4 N–H and O–H groups in total. The maximum absolute atomic E-state index is 13.6. The lowest BCUT2D eigenvalue weighted by atomic mass is 9.80. The quantitative estimate of drug-likeness (QED) is 0.365. The molecule has 0 spiro atoms. The van der Waals surface area contributed by atoms with Crippen LogP contribution < -0.4 is 11.1 Å². The highest BCUT2D eigenvalue weighted by molar-refractivity contribution is 5.69. The normalized spacial score (nSPS) is 16.1. The predicted molar refractivity (Wildman–Crippen MR) is 142 cm³/mol. The third-order valence-electron chi connectivity index (χ3n) is 7.03. The van der Waals surface area contributed by atoms with E-state index in [2.05, 4.69) is 31.3 Å². The molecule has 8 heteroatoms. The van der Waals surface area contributed by atoms with Crippen molar-refractivity contribution in [1.29, 1.82) is 0 Å². The molecule has 4 rings (SSSR count). The maximum Gasteiger partial charge on any atom is 0.410 e. The van der Waals surface area contributed by atoms with Crippen molar-refractivity contribution in [2.75, 3.05) is 19.6 Å². The van der Waals surface area contributed by atoms with Gasteiger partial charge in [-0.25, -0.2) is 13.6 Å². The summed E-state index contributed by atoms with van der Waals surface area (Å²) in [6, 6.07) is 20.2. The van der Waals surface area contributed by atoms with Crippen LogP contribution in [0.4, 0.5) is 13.6 Å². The average molecular weight is 524 g/mol. The van der Waals surface area contributed by atoms with E-state index in [4.69, 9.17) is 10.5 Å². The van der Waals surface area contributed by atoms with E-state index >= 15 is 0 Å². The van der Waals surface area contributed by atoms with Crippen molar-refractivity contribution >= 4 is 6.09 Å². The van der Waals surface area contributed by atoms with E-state index < -0.39 is 35.4 Å². The van der Waals surface area contributed by atoms with Crippen molar-refractivity contribution in [2.24, 2.45) is 5.73 Å². The highest BCUT2D eigenvalue weighted by Gasteiger charge is 2.47. The Bertz CT molecular complexity index is 1210. The number of benzene rings is 3. The van der Waals surface area contributed by atoms with Crippen molar-refractivity contribution in [2.45, 2.75) is 50.5 Å². The van der Waals surface area contributed by atoms with Gasteiger partial charge in [0.1, 0.15) is 18.2 Å². The summed E-state index contributed by atoms with van der Waals surface area (Å²) in [5, 5.41) is 14.2. The average Bonchev–Trinajstić information content (AvgIpc) is 2.86. The second-order valence-corrected chi connectivity index (χ2v) is 10.4. The Kier molecular flexibility index (Phi) is 8.76. The van der Waals surface area contributed by atoms with E-state index in [1.807, 2.05) is 42.5 Å². The molecule has 3 aromatic rings. The van der Waals surface area contributed by atoms with E-state index in [-0.39, 0.29) is 19.6 Å². The summed E-state index contributed by atoms with van der Waals surface area (Å²) >= 11 is 0. The number of nitrogens with two attached hydrogens (primary N) is 1. The van der Waals surface area contributed by atoms with Crippen LogP contribution >= 0.6 is 0 Å². The number of nitrogens with one attached hydrogen (secondary N) is 1. The molecular formula is C30H35F2N3O3. The van der Waals surface area contributed by atoms with Gasteiger partial charge in [0.15, 0.2) is 0 Å². The van der Waals surface area contributed by atoms with Gasteiger partial charge in [-0.05, 0) is 46.7 Å². The number of amides is 1. The van der Waals surface area contributed by atoms with Crippen LogP contribution in [0, 0.1) is 11.6 Å². The molecule has 3 aromatic carbocycles. The Morgan fingerprint density at radius 2 is 1.71 bits per heavy atom. The van der Waals surface area contributed by atoms with Crippen LogP contribution in [0.1, 0.15) is 42.0 Å². The SMILES string of the molecule is CC(C)c1cccc(C2(NC[C@@H](O)[C@@H](N)Cc3cc(F)cc(F)c3)CN(C(=O)OCc3ccccc3)C2)c1. The van der Waals surface area contributed by atoms with Crippen molar-refractivity contribution in [3.63, 3.8) is 0 Å².